The Morgan fingerprint density at radius 3 is 2.58 bits per heavy atom. The molecule has 0 atom stereocenters. The molecule has 1 aliphatic heterocycles. The normalized spacial score (nSPS) is 23.5. The number of piperidine rings is 1. The number of likely N-dealkylation sites (tertiary alicyclic amines) is 1. The topological polar surface area (TPSA) is 36.0 Å². The minimum absolute atomic E-state index is 0.140. The average Bonchev–Trinajstić information content (AvgIpc) is 2.72. The van der Waals surface area contributed by atoms with Crippen LogP contribution in [0.4, 0.5) is 0 Å². The van der Waals surface area contributed by atoms with Crippen molar-refractivity contribution in [2.24, 2.45) is 0 Å². The molecule has 0 bridgehead atoms. The maximum absolute atomic E-state index is 12.2. The first kappa shape index (κ1) is 15.8. The fourth-order valence-electron chi connectivity index (χ4n) is 3.86. The molecule has 1 aromatic heterocycles. The summed E-state index contributed by atoms with van der Waals surface area (Å²) in [7, 11) is 1.77. The van der Waals surface area contributed by atoms with Crippen LogP contribution < -0.4 is 0 Å². The van der Waals surface area contributed by atoms with E-state index in [9.17, 15) is 5.21 Å². The number of nitrogens with zero attached hydrogens (tertiary/aromatic N) is 2. The van der Waals surface area contributed by atoms with Crippen LogP contribution >= 0.6 is 11.6 Å². The molecule has 2 aromatic rings. The van der Waals surface area contributed by atoms with E-state index in [0.29, 0.717) is 13.1 Å². The molecule has 1 aromatic carbocycles. The van der Waals surface area contributed by atoms with Crippen molar-refractivity contribution in [1.29, 1.82) is 0 Å². The lowest BCUT2D eigenvalue weighted by atomic mass is 9.88. The number of benzene rings is 1. The third-order valence-corrected chi connectivity index (χ3v) is 5.49. The highest BCUT2D eigenvalue weighted by molar-refractivity contribution is 6.30. The molecular formula is C20H21ClN2O. The maximum Gasteiger partial charge on any atom is 0.0820 e. The van der Waals surface area contributed by atoms with Crippen LogP contribution in [-0.4, -0.2) is 29.8 Å². The molecule has 1 saturated heterocycles. The first-order chi connectivity index (χ1) is 11.5. The number of fused-ring (bicyclic) bond motifs is 2. The Balaban J connectivity index is 1.91. The van der Waals surface area contributed by atoms with Gasteiger partial charge in [0.05, 0.1) is 25.8 Å². The lowest BCUT2D eigenvalue weighted by Gasteiger charge is -2.42. The van der Waals surface area contributed by atoms with Crippen molar-refractivity contribution in [2.45, 2.75) is 25.7 Å². The Morgan fingerprint density at radius 1 is 1.04 bits per heavy atom. The lowest BCUT2D eigenvalue weighted by molar-refractivity contribution is -0.863. The van der Waals surface area contributed by atoms with Crippen LogP contribution in [0, 0.1) is 5.21 Å². The van der Waals surface area contributed by atoms with Crippen molar-refractivity contribution >= 4 is 17.2 Å². The van der Waals surface area contributed by atoms with Crippen LogP contribution in [0.1, 0.15) is 35.2 Å². The summed E-state index contributed by atoms with van der Waals surface area (Å²) in [5.41, 5.74) is 7.52. The van der Waals surface area contributed by atoms with E-state index in [-0.39, 0.29) is 4.65 Å². The van der Waals surface area contributed by atoms with Gasteiger partial charge in [-0.25, -0.2) is 0 Å². The quantitative estimate of drug-likeness (QED) is 0.527. The third-order valence-electron chi connectivity index (χ3n) is 5.26. The number of hydrogen-bond donors (Lipinski definition) is 0. The standard InChI is InChI=1S/C20H21ClN2O/c1-23(24)11-8-14(9-12-23)19-18-7-6-17(21)13-16(18)5-4-15-3-2-10-22-20(15)19/h2-3,6-7,10,13H,4-5,8-9,11-12H2,1H3. The van der Waals surface area contributed by atoms with Gasteiger partial charge >= 0.3 is 0 Å². The minimum atomic E-state index is -0.140. The average molecular weight is 341 g/mol. The van der Waals surface area contributed by atoms with E-state index in [4.69, 9.17) is 16.6 Å². The van der Waals surface area contributed by atoms with Crippen molar-refractivity contribution in [3.05, 3.63) is 74.7 Å². The monoisotopic (exact) mass is 340 g/mol. The molecule has 1 fully saturated rings. The zero-order valence-electron chi connectivity index (χ0n) is 13.9. The molecule has 1 aliphatic carbocycles. The van der Waals surface area contributed by atoms with Crippen molar-refractivity contribution in [3.63, 3.8) is 0 Å². The van der Waals surface area contributed by atoms with Gasteiger partial charge in [-0.3, -0.25) is 4.98 Å². The third kappa shape index (κ3) is 2.88. The van der Waals surface area contributed by atoms with Gasteiger partial charge in [0, 0.05) is 29.6 Å². The van der Waals surface area contributed by atoms with E-state index in [1.54, 1.807) is 7.05 Å². The van der Waals surface area contributed by atoms with Gasteiger partial charge in [-0.2, -0.15) is 0 Å². The molecule has 0 spiro atoms. The molecule has 4 rings (SSSR count). The van der Waals surface area contributed by atoms with Gasteiger partial charge in [0.25, 0.3) is 0 Å². The van der Waals surface area contributed by atoms with Gasteiger partial charge in [0.1, 0.15) is 0 Å². The molecule has 4 heteroatoms. The summed E-state index contributed by atoms with van der Waals surface area (Å²) in [5.74, 6) is 0. The number of quaternary nitrogens is 1. The van der Waals surface area contributed by atoms with Crippen LogP contribution in [0.2, 0.25) is 5.02 Å². The summed E-state index contributed by atoms with van der Waals surface area (Å²) >= 11 is 6.24. The van der Waals surface area contributed by atoms with Crippen LogP contribution in [0.15, 0.2) is 42.1 Å². The van der Waals surface area contributed by atoms with E-state index in [1.807, 2.05) is 18.3 Å². The predicted octanol–water partition coefficient (Wildman–Crippen LogP) is 4.37. The molecule has 2 aliphatic rings. The van der Waals surface area contributed by atoms with Gasteiger partial charge in [0.2, 0.25) is 0 Å². The fourth-order valence-corrected chi connectivity index (χ4v) is 4.06. The summed E-state index contributed by atoms with van der Waals surface area (Å²) in [4.78, 5) is 4.72. The van der Waals surface area contributed by atoms with Crippen LogP contribution in [0.3, 0.4) is 0 Å². The second-order valence-corrected chi connectivity index (χ2v) is 7.47. The number of pyridine rings is 1. The van der Waals surface area contributed by atoms with E-state index >= 15 is 0 Å². The molecule has 124 valence electrons. The van der Waals surface area contributed by atoms with E-state index in [2.05, 4.69) is 18.2 Å². The van der Waals surface area contributed by atoms with Crippen LogP contribution in [0.5, 0.6) is 0 Å². The summed E-state index contributed by atoms with van der Waals surface area (Å²) in [6.07, 6.45) is 5.50. The molecular weight excluding hydrogens is 320 g/mol. The first-order valence-corrected chi connectivity index (χ1v) is 8.92. The van der Waals surface area contributed by atoms with Gasteiger partial charge < -0.3 is 9.85 Å². The maximum atomic E-state index is 12.2. The van der Waals surface area contributed by atoms with E-state index in [0.717, 1.165) is 36.4 Å². The Morgan fingerprint density at radius 2 is 1.79 bits per heavy atom. The van der Waals surface area contributed by atoms with E-state index < -0.39 is 0 Å². The SMILES string of the molecule is C[N+]1([O-])CCC(=C2c3ccc(Cl)cc3CCc3cccnc32)CC1. The van der Waals surface area contributed by atoms with E-state index in [1.165, 1.54) is 27.8 Å². The highest BCUT2D eigenvalue weighted by Gasteiger charge is 2.26. The highest BCUT2D eigenvalue weighted by Crippen LogP contribution is 2.38. The molecule has 2 heterocycles. The number of rotatable bonds is 0. The second-order valence-electron chi connectivity index (χ2n) is 7.04. The highest BCUT2D eigenvalue weighted by atomic mass is 35.5. The van der Waals surface area contributed by atoms with Crippen molar-refractivity contribution < 1.29 is 4.65 Å². The zero-order chi connectivity index (χ0) is 16.7. The van der Waals surface area contributed by atoms with Gasteiger partial charge in [-0.15, -0.1) is 0 Å². The van der Waals surface area contributed by atoms with Crippen molar-refractivity contribution in [1.82, 2.24) is 4.98 Å². The molecule has 0 amide bonds. The smallest absolute Gasteiger partial charge is 0.0820 e. The molecule has 0 radical (unpaired) electrons. The van der Waals surface area contributed by atoms with Crippen molar-refractivity contribution in [2.75, 3.05) is 20.1 Å². The number of hydrogen-bond acceptors (Lipinski definition) is 2. The number of aromatic nitrogens is 1. The molecule has 24 heavy (non-hydrogen) atoms. The summed E-state index contributed by atoms with van der Waals surface area (Å²) in [6, 6.07) is 10.4. The van der Waals surface area contributed by atoms with Gasteiger partial charge in [-0.1, -0.05) is 23.7 Å². The Kier molecular flexibility index (Phi) is 3.95. The Hall–Kier alpha value is -1.68. The largest absolute Gasteiger partial charge is 0.633 e. The van der Waals surface area contributed by atoms with Gasteiger partial charge in [-0.05, 0) is 53.3 Å². The van der Waals surface area contributed by atoms with Crippen molar-refractivity contribution in [3.8, 4) is 0 Å². The molecule has 0 saturated carbocycles. The Bertz CT molecular complexity index is 814. The fraction of sp³-hybridized carbons (Fsp3) is 0.350. The number of hydroxylamine groups is 3. The summed E-state index contributed by atoms with van der Waals surface area (Å²) < 4.78 is -0.140. The molecule has 3 nitrogen and oxygen atoms in total. The van der Waals surface area contributed by atoms with Crippen LogP contribution in [0.25, 0.3) is 5.57 Å². The molecule has 0 unspecified atom stereocenters. The number of aryl methyl sites for hydroxylation is 2. The first-order valence-electron chi connectivity index (χ1n) is 8.54. The zero-order valence-corrected chi connectivity index (χ0v) is 14.6. The summed E-state index contributed by atoms with van der Waals surface area (Å²) in [6.45, 7) is 1.29. The van der Waals surface area contributed by atoms with Crippen LogP contribution in [-0.2, 0) is 12.8 Å². The molecule has 0 N–H and O–H groups in total. The second kappa shape index (κ2) is 5.99. The summed E-state index contributed by atoms with van der Waals surface area (Å²) in [5, 5.41) is 13.0. The van der Waals surface area contributed by atoms with Gasteiger partial charge in [0.15, 0.2) is 0 Å². The predicted molar refractivity (Wildman–Crippen MR) is 97.6 cm³/mol. The Labute approximate surface area is 147 Å². The lowest BCUT2D eigenvalue weighted by Crippen LogP contribution is -2.42. The minimum Gasteiger partial charge on any atom is -0.633 e. The number of halogens is 1.